The van der Waals surface area contributed by atoms with Crippen LogP contribution in [0.1, 0.15) is 30.9 Å². The van der Waals surface area contributed by atoms with Crippen LogP contribution in [0.2, 0.25) is 0 Å². The quantitative estimate of drug-likeness (QED) is 0.658. The molecule has 1 aromatic carbocycles. The lowest BCUT2D eigenvalue weighted by Crippen LogP contribution is -2.00. The van der Waals surface area contributed by atoms with Gasteiger partial charge in [-0.1, -0.05) is 37.6 Å². The Morgan fingerprint density at radius 2 is 2.00 bits per heavy atom. The van der Waals surface area contributed by atoms with E-state index >= 15 is 0 Å². The van der Waals surface area contributed by atoms with E-state index < -0.39 is 0 Å². The first kappa shape index (κ1) is 8.98. The molecule has 0 unspecified atom stereocenters. The number of hydrogen-bond donors (Lipinski definition) is 1. The maximum Gasteiger partial charge on any atom is 0.0388 e. The van der Waals surface area contributed by atoms with Crippen LogP contribution in [0.5, 0.6) is 0 Å². The van der Waals surface area contributed by atoms with Gasteiger partial charge in [0.2, 0.25) is 0 Å². The molecule has 0 heterocycles. The summed E-state index contributed by atoms with van der Waals surface area (Å²) in [6.07, 6.45) is 1.93. The second-order valence-corrected chi connectivity index (χ2v) is 3.04. The summed E-state index contributed by atoms with van der Waals surface area (Å²) in [5.41, 5.74) is 3.06. The minimum absolute atomic E-state index is 0.760. The molecular weight excluding hydrogens is 146 g/mol. The molecule has 0 aliphatic carbocycles. The van der Waals surface area contributed by atoms with Gasteiger partial charge in [-0.2, -0.15) is 0 Å². The standard InChI is InChI=1S/C11H15N/c1-3-6-11(12)10-8-5-4-7-9(10)2/h4-5,7-8,12H,3,6H2,1-2H3. The molecule has 0 amide bonds. The van der Waals surface area contributed by atoms with Crippen molar-refractivity contribution in [2.75, 3.05) is 0 Å². The molecule has 0 fully saturated rings. The molecule has 64 valence electrons. The molecule has 0 aromatic heterocycles. The predicted octanol–water partition coefficient (Wildman–Crippen LogP) is 3.16. The second kappa shape index (κ2) is 4.05. The van der Waals surface area contributed by atoms with E-state index in [1.807, 2.05) is 18.2 Å². The molecule has 0 bridgehead atoms. The van der Waals surface area contributed by atoms with Gasteiger partial charge in [-0.3, -0.25) is 0 Å². The molecule has 0 aliphatic rings. The van der Waals surface area contributed by atoms with Crippen LogP contribution in [0.25, 0.3) is 0 Å². The van der Waals surface area contributed by atoms with Gasteiger partial charge in [-0.05, 0) is 24.5 Å². The molecule has 0 saturated carbocycles. The fourth-order valence-electron chi connectivity index (χ4n) is 1.30. The number of hydrogen-bond acceptors (Lipinski definition) is 1. The van der Waals surface area contributed by atoms with Gasteiger partial charge in [0.05, 0.1) is 0 Å². The van der Waals surface area contributed by atoms with Crippen LogP contribution in [0.3, 0.4) is 0 Å². The maximum atomic E-state index is 7.77. The lowest BCUT2D eigenvalue weighted by Gasteiger charge is -2.05. The Morgan fingerprint density at radius 3 is 2.58 bits per heavy atom. The summed E-state index contributed by atoms with van der Waals surface area (Å²) in [6.45, 7) is 4.16. The largest absolute Gasteiger partial charge is 0.305 e. The average molecular weight is 161 g/mol. The molecule has 0 radical (unpaired) electrons. The molecule has 1 N–H and O–H groups in total. The average Bonchev–Trinajstić information content (AvgIpc) is 2.05. The van der Waals surface area contributed by atoms with Crippen molar-refractivity contribution < 1.29 is 0 Å². The summed E-state index contributed by atoms with van der Waals surface area (Å²) in [5.74, 6) is 0. The molecule has 1 rings (SSSR count). The van der Waals surface area contributed by atoms with E-state index in [-0.39, 0.29) is 0 Å². The van der Waals surface area contributed by atoms with Gasteiger partial charge in [-0.25, -0.2) is 0 Å². The van der Waals surface area contributed by atoms with Gasteiger partial charge in [0.15, 0.2) is 0 Å². The lowest BCUT2D eigenvalue weighted by atomic mass is 10.0. The number of nitrogens with one attached hydrogen (secondary N) is 1. The van der Waals surface area contributed by atoms with Crippen molar-refractivity contribution in [1.29, 1.82) is 5.41 Å². The zero-order valence-corrected chi connectivity index (χ0v) is 7.72. The third kappa shape index (κ3) is 1.94. The Kier molecular flexibility index (Phi) is 3.03. The summed E-state index contributed by atoms with van der Waals surface area (Å²) in [4.78, 5) is 0. The van der Waals surface area contributed by atoms with E-state index in [9.17, 15) is 0 Å². The molecular formula is C11H15N. The lowest BCUT2D eigenvalue weighted by molar-refractivity contribution is 0.985. The highest BCUT2D eigenvalue weighted by atomic mass is 14.4. The van der Waals surface area contributed by atoms with Crippen LogP contribution in [-0.2, 0) is 0 Å². The zero-order valence-electron chi connectivity index (χ0n) is 7.72. The Balaban J connectivity index is 2.87. The highest BCUT2D eigenvalue weighted by molar-refractivity contribution is 5.99. The van der Waals surface area contributed by atoms with Crippen molar-refractivity contribution >= 4 is 5.71 Å². The molecule has 12 heavy (non-hydrogen) atoms. The Bertz CT molecular complexity index is 276. The topological polar surface area (TPSA) is 23.9 Å². The van der Waals surface area contributed by atoms with Gasteiger partial charge in [0, 0.05) is 5.71 Å². The van der Waals surface area contributed by atoms with Gasteiger partial charge < -0.3 is 5.41 Å². The fourth-order valence-corrected chi connectivity index (χ4v) is 1.30. The van der Waals surface area contributed by atoms with Crippen molar-refractivity contribution in [3.63, 3.8) is 0 Å². The predicted molar refractivity (Wildman–Crippen MR) is 52.9 cm³/mol. The van der Waals surface area contributed by atoms with E-state index in [4.69, 9.17) is 5.41 Å². The van der Waals surface area contributed by atoms with Crippen molar-refractivity contribution in [3.05, 3.63) is 35.4 Å². The minimum atomic E-state index is 0.760. The van der Waals surface area contributed by atoms with E-state index in [2.05, 4.69) is 19.9 Å². The van der Waals surface area contributed by atoms with Gasteiger partial charge >= 0.3 is 0 Å². The van der Waals surface area contributed by atoms with Crippen LogP contribution in [0, 0.1) is 12.3 Å². The van der Waals surface area contributed by atoms with Crippen LogP contribution >= 0.6 is 0 Å². The highest BCUT2D eigenvalue weighted by Gasteiger charge is 2.01. The first-order chi connectivity index (χ1) is 5.75. The fraction of sp³-hybridized carbons (Fsp3) is 0.364. The second-order valence-electron chi connectivity index (χ2n) is 3.04. The number of aryl methyl sites for hydroxylation is 1. The number of rotatable bonds is 3. The van der Waals surface area contributed by atoms with Crippen molar-refractivity contribution in [3.8, 4) is 0 Å². The molecule has 1 nitrogen and oxygen atoms in total. The first-order valence-electron chi connectivity index (χ1n) is 4.39. The molecule has 1 aromatic rings. The van der Waals surface area contributed by atoms with Gasteiger partial charge in [-0.15, -0.1) is 0 Å². The van der Waals surface area contributed by atoms with E-state index in [0.29, 0.717) is 0 Å². The van der Waals surface area contributed by atoms with Gasteiger partial charge in [0.1, 0.15) is 0 Å². The van der Waals surface area contributed by atoms with Crippen LogP contribution in [0.4, 0.5) is 0 Å². The Labute approximate surface area is 73.9 Å². The van der Waals surface area contributed by atoms with Crippen LogP contribution in [0.15, 0.2) is 24.3 Å². The molecule has 0 aliphatic heterocycles. The zero-order chi connectivity index (χ0) is 8.97. The SMILES string of the molecule is CCCC(=N)c1ccccc1C. The van der Waals surface area contributed by atoms with E-state index in [0.717, 1.165) is 24.1 Å². The molecule has 0 spiro atoms. The minimum Gasteiger partial charge on any atom is -0.305 e. The van der Waals surface area contributed by atoms with Crippen molar-refractivity contribution in [2.45, 2.75) is 26.7 Å². The number of benzene rings is 1. The summed E-state index contributed by atoms with van der Waals surface area (Å²) >= 11 is 0. The van der Waals surface area contributed by atoms with Crippen LogP contribution in [-0.4, -0.2) is 5.71 Å². The highest BCUT2D eigenvalue weighted by Crippen LogP contribution is 2.10. The smallest absolute Gasteiger partial charge is 0.0388 e. The first-order valence-corrected chi connectivity index (χ1v) is 4.39. The van der Waals surface area contributed by atoms with Crippen LogP contribution < -0.4 is 0 Å². The Hall–Kier alpha value is -1.11. The van der Waals surface area contributed by atoms with Gasteiger partial charge in [0.25, 0.3) is 0 Å². The summed E-state index contributed by atoms with van der Waals surface area (Å²) in [5, 5.41) is 7.77. The van der Waals surface area contributed by atoms with E-state index in [1.54, 1.807) is 0 Å². The molecule has 1 heteroatoms. The maximum absolute atomic E-state index is 7.77. The monoisotopic (exact) mass is 161 g/mol. The third-order valence-corrected chi connectivity index (χ3v) is 1.97. The van der Waals surface area contributed by atoms with Crippen molar-refractivity contribution in [1.82, 2.24) is 0 Å². The summed E-state index contributed by atoms with van der Waals surface area (Å²) in [6, 6.07) is 8.08. The summed E-state index contributed by atoms with van der Waals surface area (Å²) in [7, 11) is 0. The molecule has 0 saturated heterocycles. The van der Waals surface area contributed by atoms with E-state index in [1.165, 1.54) is 5.56 Å². The normalized spacial score (nSPS) is 9.83. The van der Waals surface area contributed by atoms with Crippen molar-refractivity contribution in [2.24, 2.45) is 0 Å². The third-order valence-electron chi connectivity index (χ3n) is 1.97. The summed E-state index contributed by atoms with van der Waals surface area (Å²) < 4.78 is 0. The Morgan fingerprint density at radius 1 is 1.33 bits per heavy atom. The molecule has 0 atom stereocenters.